The van der Waals surface area contributed by atoms with E-state index >= 15 is 0 Å². The van der Waals surface area contributed by atoms with Crippen molar-refractivity contribution in [2.24, 2.45) is 0 Å². The molecule has 0 bridgehead atoms. The zero-order chi connectivity index (χ0) is 26.0. The number of benzene rings is 1. The first-order chi connectivity index (χ1) is 17.8. The highest BCUT2D eigenvalue weighted by molar-refractivity contribution is 5.83. The molecule has 0 spiro atoms. The number of aromatic amines is 1. The highest BCUT2D eigenvalue weighted by atomic mass is 16.6. The Morgan fingerprint density at radius 2 is 1.68 bits per heavy atom. The van der Waals surface area contributed by atoms with Gasteiger partial charge in [0, 0.05) is 43.3 Å². The summed E-state index contributed by atoms with van der Waals surface area (Å²) >= 11 is 0. The van der Waals surface area contributed by atoms with E-state index in [4.69, 9.17) is 4.74 Å². The second-order valence-corrected chi connectivity index (χ2v) is 10.8. The number of nitrogens with zero attached hydrogens (tertiary/aromatic N) is 3. The first kappa shape index (κ1) is 25.7. The number of para-hydroxylation sites is 1. The Hall–Kier alpha value is -2.91. The minimum Gasteiger partial charge on any atom is -0.436 e. The second kappa shape index (κ2) is 10.8. The van der Waals surface area contributed by atoms with Gasteiger partial charge in [-0.15, -0.1) is 0 Å². The van der Waals surface area contributed by atoms with E-state index in [1.165, 1.54) is 24.2 Å². The van der Waals surface area contributed by atoms with E-state index in [-0.39, 0.29) is 37.4 Å². The van der Waals surface area contributed by atoms with Crippen molar-refractivity contribution in [2.75, 3.05) is 39.3 Å². The summed E-state index contributed by atoms with van der Waals surface area (Å²) in [5, 5.41) is 12.1. The molecule has 2 N–H and O–H groups in total. The third-order valence-electron chi connectivity index (χ3n) is 8.41. The highest BCUT2D eigenvalue weighted by Gasteiger charge is 2.39. The van der Waals surface area contributed by atoms with Gasteiger partial charge < -0.3 is 29.5 Å². The molecule has 5 rings (SSSR count). The Morgan fingerprint density at radius 1 is 1.00 bits per heavy atom. The highest BCUT2D eigenvalue weighted by Crippen LogP contribution is 2.32. The summed E-state index contributed by atoms with van der Waals surface area (Å²) in [4.78, 5) is 47.2. The number of ether oxygens (including phenoxy) is 1. The van der Waals surface area contributed by atoms with Gasteiger partial charge in [0.25, 0.3) is 11.5 Å². The van der Waals surface area contributed by atoms with Crippen LogP contribution in [0.15, 0.2) is 35.1 Å². The first-order valence-electron chi connectivity index (χ1n) is 13.7. The average Bonchev–Trinajstić information content (AvgIpc) is 2.93. The lowest BCUT2D eigenvalue weighted by Crippen LogP contribution is -2.51. The van der Waals surface area contributed by atoms with Crippen LogP contribution in [0.3, 0.4) is 0 Å². The van der Waals surface area contributed by atoms with Crippen LogP contribution in [0.2, 0.25) is 0 Å². The summed E-state index contributed by atoms with van der Waals surface area (Å²) < 4.78 is 5.54. The number of likely N-dealkylation sites (tertiary alicyclic amines) is 3. The average molecular weight is 511 g/mol. The molecule has 2 amide bonds. The maximum atomic E-state index is 13.0. The van der Waals surface area contributed by atoms with Crippen molar-refractivity contribution in [1.82, 2.24) is 19.7 Å². The topological polar surface area (TPSA) is 106 Å². The van der Waals surface area contributed by atoms with E-state index < -0.39 is 17.8 Å². The zero-order valence-corrected chi connectivity index (χ0v) is 21.7. The number of carbonyl (C=O) groups excluding carboxylic acids is 2. The van der Waals surface area contributed by atoms with Crippen molar-refractivity contribution in [3.63, 3.8) is 0 Å². The minimum absolute atomic E-state index is 0.151. The molecule has 3 aliphatic rings. The number of fused-ring (bicyclic) bond motifs is 1. The van der Waals surface area contributed by atoms with Crippen molar-refractivity contribution >= 4 is 22.9 Å². The molecule has 0 saturated carbocycles. The lowest BCUT2D eigenvalue weighted by molar-refractivity contribution is -0.142. The van der Waals surface area contributed by atoms with Gasteiger partial charge in [0.1, 0.15) is 0 Å². The Bertz CT molecular complexity index is 1170. The van der Waals surface area contributed by atoms with E-state index in [1.807, 2.05) is 29.2 Å². The molecule has 1 aromatic heterocycles. The smallest absolute Gasteiger partial charge is 0.410 e. The number of amides is 2. The largest absolute Gasteiger partial charge is 0.436 e. The van der Waals surface area contributed by atoms with Crippen LogP contribution in [0.1, 0.15) is 57.4 Å². The molecule has 37 heavy (non-hydrogen) atoms. The molecule has 1 aromatic carbocycles. The molecule has 1 atom stereocenters. The third kappa shape index (κ3) is 5.52. The molecule has 3 fully saturated rings. The molecule has 3 saturated heterocycles. The summed E-state index contributed by atoms with van der Waals surface area (Å²) in [6.45, 7) is 5.82. The summed E-state index contributed by atoms with van der Waals surface area (Å²) in [5.74, 6) is -0.151. The summed E-state index contributed by atoms with van der Waals surface area (Å²) in [7, 11) is 0. The SMILES string of the molecule is CC(OC(=O)N1CCC(O)(c2cc3ccccc3[nH]c2=O)CC1)C(=O)N1CCC(N2CCCCC2)CC1. The van der Waals surface area contributed by atoms with Crippen LogP contribution in [0.4, 0.5) is 4.79 Å². The quantitative estimate of drug-likeness (QED) is 0.655. The van der Waals surface area contributed by atoms with Crippen LogP contribution in [-0.2, 0) is 15.1 Å². The van der Waals surface area contributed by atoms with Crippen LogP contribution in [0.25, 0.3) is 10.9 Å². The number of hydrogen-bond acceptors (Lipinski definition) is 6. The second-order valence-electron chi connectivity index (χ2n) is 10.8. The fourth-order valence-electron chi connectivity index (χ4n) is 6.09. The molecule has 200 valence electrons. The van der Waals surface area contributed by atoms with Crippen LogP contribution in [-0.4, -0.2) is 88.2 Å². The normalized spacial score (nSPS) is 22.1. The summed E-state index contributed by atoms with van der Waals surface area (Å²) in [5.41, 5.74) is -0.611. The van der Waals surface area contributed by atoms with E-state index in [9.17, 15) is 19.5 Å². The van der Waals surface area contributed by atoms with Gasteiger partial charge in [0.05, 0.1) is 5.60 Å². The van der Waals surface area contributed by atoms with Crippen molar-refractivity contribution in [2.45, 2.75) is 69.6 Å². The number of rotatable bonds is 4. The van der Waals surface area contributed by atoms with Gasteiger partial charge >= 0.3 is 6.09 Å². The van der Waals surface area contributed by atoms with Gasteiger partial charge in [-0.1, -0.05) is 24.6 Å². The van der Waals surface area contributed by atoms with Crippen molar-refractivity contribution in [3.05, 3.63) is 46.2 Å². The predicted molar refractivity (Wildman–Crippen MR) is 140 cm³/mol. The molecule has 9 nitrogen and oxygen atoms in total. The lowest BCUT2D eigenvalue weighted by Gasteiger charge is -2.41. The maximum absolute atomic E-state index is 13.0. The monoisotopic (exact) mass is 510 g/mol. The molecule has 0 aliphatic carbocycles. The molecular formula is C28H38N4O5. The van der Waals surface area contributed by atoms with Crippen molar-refractivity contribution in [1.29, 1.82) is 0 Å². The Kier molecular flexibility index (Phi) is 7.53. The zero-order valence-electron chi connectivity index (χ0n) is 21.7. The molecule has 2 aromatic rings. The number of aliphatic hydroxyl groups is 1. The van der Waals surface area contributed by atoms with Crippen LogP contribution < -0.4 is 5.56 Å². The molecule has 9 heteroatoms. The fourth-order valence-corrected chi connectivity index (χ4v) is 6.09. The van der Waals surface area contributed by atoms with Gasteiger partial charge in [-0.3, -0.25) is 9.59 Å². The van der Waals surface area contributed by atoms with E-state index in [0.29, 0.717) is 24.7 Å². The van der Waals surface area contributed by atoms with Gasteiger partial charge in [0.15, 0.2) is 6.10 Å². The van der Waals surface area contributed by atoms with Gasteiger partial charge in [0.2, 0.25) is 0 Å². The molecule has 0 radical (unpaired) electrons. The third-order valence-corrected chi connectivity index (χ3v) is 8.41. The number of piperidine rings is 3. The molecule has 1 unspecified atom stereocenters. The maximum Gasteiger partial charge on any atom is 0.410 e. The Morgan fingerprint density at radius 3 is 2.38 bits per heavy atom. The predicted octanol–water partition coefficient (Wildman–Crippen LogP) is 2.81. The number of aromatic nitrogens is 1. The van der Waals surface area contributed by atoms with Gasteiger partial charge in [-0.2, -0.15) is 0 Å². The van der Waals surface area contributed by atoms with E-state index in [1.54, 1.807) is 13.0 Å². The molecular weight excluding hydrogens is 472 g/mol. The van der Waals surface area contributed by atoms with Crippen LogP contribution in [0.5, 0.6) is 0 Å². The summed E-state index contributed by atoms with van der Waals surface area (Å²) in [6, 6.07) is 9.72. The number of pyridine rings is 1. The van der Waals surface area contributed by atoms with Crippen molar-refractivity contribution in [3.8, 4) is 0 Å². The van der Waals surface area contributed by atoms with Gasteiger partial charge in [-0.25, -0.2) is 4.79 Å². The molecule has 4 heterocycles. The van der Waals surface area contributed by atoms with Crippen LogP contribution >= 0.6 is 0 Å². The number of hydrogen-bond donors (Lipinski definition) is 2. The lowest BCUT2D eigenvalue weighted by atomic mass is 9.84. The standard InChI is InChI=1S/C28H38N4O5/c1-20(26(34)31-15-9-22(10-16-31)30-13-5-2-6-14-30)37-27(35)32-17-11-28(36,12-18-32)23-19-21-7-3-4-8-24(21)29-25(23)33/h3-4,7-8,19-20,22,36H,2,5-6,9-18H2,1H3,(H,29,33). The number of H-pyrrole nitrogens is 1. The molecule has 3 aliphatic heterocycles. The van der Waals surface area contributed by atoms with Crippen molar-refractivity contribution < 1.29 is 19.4 Å². The van der Waals surface area contributed by atoms with E-state index in [0.717, 1.165) is 36.8 Å². The number of nitrogens with one attached hydrogen (secondary N) is 1. The number of carbonyl (C=O) groups is 2. The van der Waals surface area contributed by atoms with Gasteiger partial charge in [-0.05, 0) is 76.1 Å². The Balaban J connectivity index is 1.12. The minimum atomic E-state index is -1.32. The Labute approximate surface area is 217 Å². The summed E-state index contributed by atoms with van der Waals surface area (Å²) in [6.07, 6.45) is 4.79. The van der Waals surface area contributed by atoms with Crippen LogP contribution in [0, 0.1) is 0 Å². The first-order valence-corrected chi connectivity index (χ1v) is 13.7. The fraction of sp³-hybridized carbons (Fsp3) is 0.607. The van der Waals surface area contributed by atoms with E-state index in [2.05, 4.69) is 9.88 Å².